The van der Waals surface area contributed by atoms with Gasteiger partial charge in [0.2, 0.25) is 0 Å². The summed E-state index contributed by atoms with van der Waals surface area (Å²) in [7, 11) is -4.03. The topological polar surface area (TPSA) is 72.2 Å². The smallest absolute Gasteiger partial charge is 0.264 e. The lowest BCUT2D eigenvalue weighted by atomic mass is 10.1. The summed E-state index contributed by atoms with van der Waals surface area (Å²) in [6.07, 6.45) is 0. The molecule has 0 radical (unpaired) electrons. The Bertz CT molecular complexity index is 802. The van der Waals surface area contributed by atoms with Crippen molar-refractivity contribution in [3.63, 3.8) is 0 Å². The molecule has 0 amide bonds. The summed E-state index contributed by atoms with van der Waals surface area (Å²) in [5, 5.41) is 0. The van der Waals surface area contributed by atoms with E-state index in [9.17, 15) is 12.8 Å². The first-order valence-corrected chi connectivity index (χ1v) is 7.85. The van der Waals surface area contributed by atoms with Crippen LogP contribution in [0.3, 0.4) is 0 Å². The average molecular weight is 308 g/mol. The number of nitrogens with two attached hydrogens (primary N) is 1. The summed E-state index contributed by atoms with van der Waals surface area (Å²) in [6, 6.07) is 7.50. The van der Waals surface area contributed by atoms with Gasteiger partial charge in [-0.05, 0) is 55.7 Å². The van der Waals surface area contributed by atoms with Gasteiger partial charge in [0.25, 0.3) is 10.0 Å². The van der Waals surface area contributed by atoms with Crippen molar-refractivity contribution in [2.75, 3.05) is 10.5 Å². The van der Waals surface area contributed by atoms with Gasteiger partial charge in [-0.1, -0.05) is 12.1 Å². The Morgan fingerprint density at radius 2 is 1.76 bits per heavy atom. The van der Waals surface area contributed by atoms with E-state index in [1.54, 1.807) is 26.0 Å². The molecule has 112 valence electrons. The number of rotatable bonds is 3. The van der Waals surface area contributed by atoms with E-state index in [2.05, 4.69) is 4.72 Å². The predicted molar refractivity (Wildman–Crippen MR) is 82.3 cm³/mol. The Labute approximate surface area is 123 Å². The molecule has 0 atom stereocenters. The molecule has 0 aliphatic rings. The van der Waals surface area contributed by atoms with Gasteiger partial charge in [0.1, 0.15) is 10.7 Å². The zero-order valence-corrected chi connectivity index (χ0v) is 12.9. The summed E-state index contributed by atoms with van der Waals surface area (Å²) in [6.45, 7) is 5.29. The lowest BCUT2D eigenvalue weighted by Gasteiger charge is -2.13. The largest absolute Gasteiger partial charge is 0.398 e. The van der Waals surface area contributed by atoms with Crippen LogP contribution in [0.1, 0.15) is 16.7 Å². The third kappa shape index (κ3) is 3.00. The lowest BCUT2D eigenvalue weighted by molar-refractivity contribution is 0.570. The Kier molecular flexibility index (Phi) is 3.91. The van der Waals surface area contributed by atoms with Crippen molar-refractivity contribution in [2.24, 2.45) is 0 Å². The van der Waals surface area contributed by atoms with E-state index in [0.29, 0.717) is 11.3 Å². The molecule has 6 heteroatoms. The van der Waals surface area contributed by atoms with Crippen molar-refractivity contribution in [2.45, 2.75) is 25.7 Å². The SMILES string of the molecule is Cc1cc(F)c(S(=O)(=O)Nc2cccc(C)c2C)cc1N. The van der Waals surface area contributed by atoms with Gasteiger partial charge in [-0.25, -0.2) is 12.8 Å². The first-order chi connectivity index (χ1) is 9.72. The van der Waals surface area contributed by atoms with Crippen LogP contribution in [0.2, 0.25) is 0 Å². The number of nitrogen functional groups attached to an aromatic ring is 1. The molecule has 0 bridgehead atoms. The molecule has 0 unspecified atom stereocenters. The van der Waals surface area contributed by atoms with E-state index in [0.717, 1.165) is 23.3 Å². The van der Waals surface area contributed by atoms with E-state index in [1.807, 2.05) is 13.0 Å². The van der Waals surface area contributed by atoms with Gasteiger partial charge in [0, 0.05) is 5.69 Å². The molecule has 0 aromatic heterocycles. The second-order valence-electron chi connectivity index (χ2n) is 4.99. The minimum absolute atomic E-state index is 0.234. The third-order valence-electron chi connectivity index (χ3n) is 3.46. The summed E-state index contributed by atoms with van der Waals surface area (Å²) < 4.78 is 41.0. The van der Waals surface area contributed by atoms with Gasteiger partial charge in [-0.3, -0.25) is 4.72 Å². The molecule has 4 nitrogen and oxygen atoms in total. The van der Waals surface area contributed by atoms with Gasteiger partial charge in [-0.15, -0.1) is 0 Å². The van der Waals surface area contributed by atoms with Gasteiger partial charge >= 0.3 is 0 Å². The highest BCUT2D eigenvalue weighted by Crippen LogP contribution is 2.25. The van der Waals surface area contributed by atoms with Crippen LogP contribution in [0.5, 0.6) is 0 Å². The second-order valence-corrected chi connectivity index (χ2v) is 6.64. The number of sulfonamides is 1. The van der Waals surface area contributed by atoms with Crippen LogP contribution in [0, 0.1) is 26.6 Å². The Morgan fingerprint density at radius 3 is 2.43 bits per heavy atom. The predicted octanol–water partition coefficient (Wildman–Crippen LogP) is 3.13. The zero-order valence-electron chi connectivity index (χ0n) is 12.1. The molecule has 0 heterocycles. The van der Waals surface area contributed by atoms with E-state index in [1.165, 1.54) is 0 Å². The van der Waals surface area contributed by atoms with Gasteiger partial charge in [-0.2, -0.15) is 0 Å². The maximum absolute atomic E-state index is 13.9. The molecular formula is C15H17FN2O2S. The summed E-state index contributed by atoms with van der Waals surface area (Å²) >= 11 is 0. The number of aryl methyl sites for hydroxylation is 2. The molecule has 21 heavy (non-hydrogen) atoms. The van der Waals surface area contributed by atoms with E-state index < -0.39 is 20.7 Å². The number of anilines is 2. The monoisotopic (exact) mass is 308 g/mol. The van der Waals surface area contributed by atoms with Crippen LogP contribution < -0.4 is 10.5 Å². The highest BCUT2D eigenvalue weighted by Gasteiger charge is 2.21. The van der Waals surface area contributed by atoms with Crippen molar-refractivity contribution in [1.29, 1.82) is 0 Å². The molecule has 0 aliphatic carbocycles. The highest BCUT2D eigenvalue weighted by atomic mass is 32.2. The fourth-order valence-corrected chi connectivity index (χ4v) is 3.15. The van der Waals surface area contributed by atoms with Crippen molar-refractivity contribution < 1.29 is 12.8 Å². The minimum Gasteiger partial charge on any atom is -0.398 e. The van der Waals surface area contributed by atoms with Crippen molar-refractivity contribution >= 4 is 21.4 Å². The summed E-state index contributed by atoms with van der Waals surface area (Å²) in [5.74, 6) is -0.820. The lowest BCUT2D eigenvalue weighted by Crippen LogP contribution is -2.16. The zero-order chi connectivity index (χ0) is 15.8. The Hall–Kier alpha value is -2.08. The normalized spacial score (nSPS) is 11.4. The van der Waals surface area contributed by atoms with Gasteiger partial charge < -0.3 is 5.73 Å². The van der Waals surface area contributed by atoms with Crippen molar-refractivity contribution in [3.8, 4) is 0 Å². The molecule has 0 saturated carbocycles. The quantitative estimate of drug-likeness (QED) is 0.856. The molecule has 0 spiro atoms. The number of halogens is 1. The highest BCUT2D eigenvalue weighted by molar-refractivity contribution is 7.92. The second kappa shape index (κ2) is 5.37. The third-order valence-corrected chi connectivity index (χ3v) is 4.84. The van der Waals surface area contributed by atoms with Crippen LogP contribution in [0.15, 0.2) is 35.2 Å². The molecule has 2 aromatic rings. The van der Waals surface area contributed by atoms with Crippen LogP contribution in [-0.4, -0.2) is 8.42 Å². The first kappa shape index (κ1) is 15.3. The standard InChI is InChI=1S/C15H17FN2O2S/c1-9-5-4-6-14(11(9)3)18-21(19,20)15-8-13(17)10(2)7-12(15)16/h4-8,18H,17H2,1-3H3. The fraction of sp³-hybridized carbons (Fsp3) is 0.200. The fourth-order valence-electron chi connectivity index (χ4n) is 1.94. The number of benzene rings is 2. The minimum atomic E-state index is -4.03. The van der Waals surface area contributed by atoms with Crippen molar-refractivity contribution in [3.05, 3.63) is 52.8 Å². The number of hydrogen-bond donors (Lipinski definition) is 2. The first-order valence-electron chi connectivity index (χ1n) is 6.37. The maximum atomic E-state index is 13.9. The number of nitrogens with one attached hydrogen (secondary N) is 1. The summed E-state index contributed by atoms with van der Waals surface area (Å²) in [4.78, 5) is -0.452. The van der Waals surface area contributed by atoms with Crippen molar-refractivity contribution in [1.82, 2.24) is 0 Å². The van der Waals surface area contributed by atoms with Crippen LogP contribution in [-0.2, 0) is 10.0 Å². The van der Waals surface area contributed by atoms with Crippen LogP contribution >= 0.6 is 0 Å². The Balaban J connectivity index is 2.48. The van der Waals surface area contributed by atoms with E-state index in [4.69, 9.17) is 5.73 Å². The van der Waals surface area contributed by atoms with Gasteiger partial charge in [0.15, 0.2) is 0 Å². The maximum Gasteiger partial charge on any atom is 0.264 e. The molecule has 3 N–H and O–H groups in total. The number of hydrogen-bond acceptors (Lipinski definition) is 3. The Morgan fingerprint density at radius 1 is 1.10 bits per heavy atom. The molecule has 2 aromatic carbocycles. The van der Waals surface area contributed by atoms with Gasteiger partial charge in [0.05, 0.1) is 5.69 Å². The van der Waals surface area contributed by atoms with Crippen LogP contribution in [0.4, 0.5) is 15.8 Å². The van der Waals surface area contributed by atoms with Crippen LogP contribution in [0.25, 0.3) is 0 Å². The summed E-state index contributed by atoms with van der Waals surface area (Å²) in [5.41, 5.74) is 8.57. The molecule has 0 fully saturated rings. The molecule has 2 rings (SSSR count). The van der Waals surface area contributed by atoms with E-state index in [-0.39, 0.29) is 5.69 Å². The molecule has 0 saturated heterocycles. The average Bonchev–Trinajstić information content (AvgIpc) is 2.39. The molecular weight excluding hydrogens is 291 g/mol. The molecule has 0 aliphatic heterocycles. The van der Waals surface area contributed by atoms with E-state index >= 15 is 0 Å².